The minimum absolute atomic E-state index is 0.00662. The van der Waals surface area contributed by atoms with Crippen LogP contribution in [-0.4, -0.2) is 28.6 Å². The first-order chi connectivity index (χ1) is 11.1. The number of nitrogens with zero attached hydrogens (tertiary/aromatic N) is 2. The van der Waals surface area contributed by atoms with Crippen molar-refractivity contribution in [2.75, 3.05) is 11.9 Å². The number of nitrogens with one attached hydrogen (secondary N) is 3. The smallest absolute Gasteiger partial charge is 0.414 e. The molecule has 0 aromatic carbocycles. The summed E-state index contributed by atoms with van der Waals surface area (Å²) in [7, 11) is 0. The summed E-state index contributed by atoms with van der Waals surface area (Å²) in [5.41, 5.74) is 5.60. The summed E-state index contributed by atoms with van der Waals surface area (Å²) in [6.07, 6.45) is 8.21. The van der Waals surface area contributed by atoms with Crippen molar-refractivity contribution in [3.8, 4) is 0 Å². The SMILES string of the molecule is CCCCCCCCNc1nccc(COC(=O)NC(=N)N)n1. The fraction of sp³-hybridized carbons (Fsp3) is 0.600. The zero-order chi connectivity index (χ0) is 16.9. The molecule has 1 amide bonds. The van der Waals surface area contributed by atoms with Gasteiger partial charge in [-0.2, -0.15) is 0 Å². The Morgan fingerprint density at radius 3 is 2.78 bits per heavy atom. The van der Waals surface area contributed by atoms with Gasteiger partial charge in [0.25, 0.3) is 0 Å². The van der Waals surface area contributed by atoms with Crippen LogP contribution in [0.3, 0.4) is 0 Å². The standard InChI is InChI=1S/C15H26N6O2/c1-2-3-4-5-6-7-9-18-14-19-10-8-12(20-14)11-23-15(22)21-13(16)17/h8,10H,2-7,9,11H2,1H3,(H,18,19,20)(H4,16,17,21,22). The van der Waals surface area contributed by atoms with E-state index in [1.165, 1.54) is 32.1 Å². The minimum Gasteiger partial charge on any atom is -0.443 e. The Kier molecular flexibility index (Phi) is 9.11. The second kappa shape index (κ2) is 11.2. The fourth-order valence-corrected chi connectivity index (χ4v) is 1.95. The number of carbonyl (C=O) groups is 1. The first-order valence-corrected chi connectivity index (χ1v) is 7.95. The van der Waals surface area contributed by atoms with Gasteiger partial charge in [-0.15, -0.1) is 0 Å². The Bertz CT molecular complexity index is 495. The van der Waals surface area contributed by atoms with E-state index in [1.54, 1.807) is 12.3 Å². The molecule has 8 nitrogen and oxygen atoms in total. The summed E-state index contributed by atoms with van der Waals surface area (Å²) in [5, 5.41) is 12.1. The molecule has 0 atom stereocenters. The lowest BCUT2D eigenvalue weighted by Gasteiger charge is -2.07. The third-order valence-corrected chi connectivity index (χ3v) is 3.11. The predicted molar refractivity (Wildman–Crippen MR) is 89.1 cm³/mol. The van der Waals surface area contributed by atoms with Gasteiger partial charge in [0.15, 0.2) is 5.96 Å². The van der Waals surface area contributed by atoms with E-state index >= 15 is 0 Å². The van der Waals surface area contributed by atoms with E-state index in [4.69, 9.17) is 15.9 Å². The Morgan fingerprint density at radius 1 is 1.30 bits per heavy atom. The molecule has 0 aliphatic carbocycles. The first kappa shape index (κ1) is 18.7. The molecule has 1 aromatic heterocycles. The highest BCUT2D eigenvalue weighted by Crippen LogP contribution is 2.06. The molecule has 1 rings (SSSR count). The Morgan fingerprint density at radius 2 is 2.04 bits per heavy atom. The van der Waals surface area contributed by atoms with Crippen LogP contribution in [0, 0.1) is 5.41 Å². The average molecular weight is 322 g/mol. The van der Waals surface area contributed by atoms with Crippen LogP contribution in [-0.2, 0) is 11.3 Å². The van der Waals surface area contributed by atoms with Crippen molar-refractivity contribution in [1.82, 2.24) is 15.3 Å². The van der Waals surface area contributed by atoms with E-state index < -0.39 is 12.1 Å². The molecule has 0 aliphatic rings. The van der Waals surface area contributed by atoms with Crippen molar-refractivity contribution in [3.05, 3.63) is 18.0 Å². The van der Waals surface area contributed by atoms with Crippen LogP contribution in [0.4, 0.5) is 10.7 Å². The number of ether oxygens (including phenoxy) is 1. The van der Waals surface area contributed by atoms with Gasteiger partial charge in [-0.05, 0) is 12.5 Å². The van der Waals surface area contributed by atoms with Gasteiger partial charge in [0, 0.05) is 12.7 Å². The number of hydrogen-bond donors (Lipinski definition) is 4. The van der Waals surface area contributed by atoms with Crippen LogP contribution in [0.1, 0.15) is 51.1 Å². The molecule has 0 spiro atoms. The van der Waals surface area contributed by atoms with Crippen LogP contribution in [0.5, 0.6) is 0 Å². The lowest BCUT2D eigenvalue weighted by atomic mass is 10.1. The maximum absolute atomic E-state index is 11.2. The van der Waals surface area contributed by atoms with E-state index in [-0.39, 0.29) is 6.61 Å². The van der Waals surface area contributed by atoms with Crippen LogP contribution >= 0.6 is 0 Å². The number of guanidine groups is 1. The molecule has 1 aromatic rings. The van der Waals surface area contributed by atoms with Crippen LogP contribution in [0.15, 0.2) is 12.3 Å². The number of aromatic nitrogens is 2. The van der Waals surface area contributed by atoms with Crippen LogP contribution in [0.25, 0.3) is 0 Å². The van der Waals surface area contributed by atoms with E-state index in [0.717, 1.165) is 13.0 Å². The lowest BCUT2D eigenvalue weighted by molar-refractivity contribution is 0.143. The van der Waals surface area contributed by atoms with Gasteiger partial charge in [0.2, 0.25) is 5.95 Å². The number of anilines is 1. The summed E-state index contributed by atoms with van der Waals surface area (Å²) < 4.78 is 4.89. The van der Waals surface area contributed by atoms with E-state index in [2.05, 4.69) is 22.2 Å². The van der Waals surface area contributed by atoms with E-state index in [9.17, 15) is 4.79 Å². The highest BCUT2D eigenvalue weighted by Gasteiger charge is 2.05. The van der Waals surface area contributed by atoms with Crippen molar-refractivity contribution < 1.29 is 9.53 Å². The summed E-state index contributed by atoms with van der Waals surface area (Å²) in [6, 6.07) is 1.66. The predicted octanol–water partition coefficient (Wildman–Crippen LogP) is 2.37. The molecule has 0 saturated carbocycles. The molecule has 23 heavy (non-hydrogen) atoms. The molecule has 0 bridgehead atoms. The van der Waals surface area contributed by atoms with E-state index in [0.29, 0.717) is 11.6 Å². The first-order valence-electron chi connectivity index (χ1n) is 7.95. The third-order valence-electron chi connectivity index (χ3n) is 3.11. The number of alkyl carbamates (subject to hydrolysis) is 1. The highest BCUT2D eigenvalue weighted by atomic mass is 16.5. The van der Waals surface area contributed by atoms with Gasteiger partial charge in [-0.3, -0.25) is 10.7 Å². The number of unbranched alkanes of at least 4 members (excludes halogenated alkanes) is 5. The number of amides is 1. The number of carbonyl (C=O) groups excluding carboxylic acids is 1. The van der Waals surface area contributed by atoms with Crippen LogP contribution in [0.2, 0.25) is 0 Å². The molecular formula is C15H26N6O2. The maximum atomic E-state index is 11.2. The van der Waals surface area contributed by atoms with E-state index in [1.807, 2.05) is 5.32 Å². The molecule has 0 fully saturated rings. The summed E-state index contributed by atoms with van der Waals surface area (Å²) in [5.74, 6) is 0.0608. The van der Waals surface area contributed by atoms with Crippen molar-refractivity contribution in [3.63, 3.8) is 0 Å². The highest BCUT2D eigenvalue weighted by molar-refractivity contribution is 5.90. The Balaban J connectivity index is 2.25. The van der Waals surface area contributed by atoms with Gasteiger partial charge < -0.3 is 15.8 Å². The minimum atomic E-state index is -0.780. The lowest BCUT2D eigenvalue weighted by Crippen LogP contribution is -2.36. The normalized spacial score (nSPS) is 10.1. The van der Waals surface area contributed by atoms with Gasteiger partial charge in [-0.1, -0.05) is 39.0 Å². The number of nitrogens with two attached hydrogens (primary N) is 1. The largest absolute Gasteiger partial charge is 0.443 e. The van der Waals surface area contributed by atoms with Crippen molar-refractivity contribution in [2.24, 2.45) is 5.73 Å². The quantitative estimate of drug-likeness (QED) is 0.297. The number of hydrogen-bond acceptors (Lipinski definition) is 6. The van der Waals surface area contributed by atoms with Gasteiger partial charge in [0.05, 0.1) is 5.69 Å². The second-order valence-electron chi connectivity index (χ2n) is 5.18. The molecule has 0 unspecified atom stereocenters. The van der Waals surface area contributed by atoms with Crippen LogP contribution < -0.4 is 16.4 Å². The second-order valence-corrected chi connectivity index (χ2v) is 5.18. The molecule has 8 heteroatoms. The van der Waals surface area contributed by atoms with Gasteiger partial charge in [-0.25, -0.2) is 14.8 Å². The summed E-state index contributed by atoms with van der Waals surface area (Å²) in [4.78, 5) is 19.6. The molecular weight excluding hydrogens is 296 g/mol. The Labute approximate surface area is 136 Å². The Hall–Kier alpha value is -2.38. The van der Waals surface area contributed by atoms with Gasteiger partial charge >= 0.3 is 6.09 Å². The van der Waals surface area contributed by atoms with Gasteiger partial charge in [0.1, 0.15) is 6.61 Å². The average Bonchev–Trinajstić information content (AvgIpc) is 2.52. The molecule has 0 saturated heterocycles. The number of rotatable bonds is 10. The summed E-state index contributed by atoms with van der Waals surface area (Å²) >= 11 is 0. The third kappa shape index (κ3) is 9.28. The molecule has 5 N–H and O–H groups in total. The molecule has 0 radical (unpaired) electrons. The molecule has 0 aliphatic heterocycles. The summed E-state index contributed by atoms with van der Waals surface area (Å²) in [6.45, 7) is 3.02. The zero-order valence-corrected chi connectivity index (χ0v) is 13.6. The fourth-order valence-electron chi connectivity index (χ4n) is 1.95. The van der Waals surface area contributed by atoms with Crippen molar-refractivity contribution in [1.29, 1.82) is 5.41 Å². The molecule has 1 heterocycles. The van der Waals surface area contributed by atoms with Crippen molar-refractivity contribution >= 4 is 18.0 Å². The maximum Gasteiger partial charge on any atom is 0.414 e. The monoisotopic (exact) mass is 322 g/mol. The topological polar surface area (TPSA) is 126 Å². The molecule has 128 valence electrons. The van der Waals surface area contributed by atoms with Crippen molar-refractivity contribution in [2.45, 2.75) is 52.1 Å². The zero-order valence-electron chi connectivity index (χ0n) is 13.6.